The molecule has 12 nitrogen and oxygen atoms in total. The number of ether oxygens (including phenoxy) is 5. The highest BCUT2D eigenvalue weighted by atomic mass is 16.5. The second-order valence-electron chi connectivity index (χ2n) is 14.8. The van der Waals surface area contributed by atoms with Gasteiger partial charge in [0.2, 0.25) is 17.7 Å². The molecule has 0 aliphatic carbocycles. The molecule has 0 radical (unpaired) electrons. The van der Waals surface area contributed by atoms with Crippen LogP contribution in [0.5, 0.6) is 11.8 Å². The van der Waals surface area contributed by atoms with Crippen molar-refractivity contribution in [2.45, 2.75) is 147 Å². The lowest BCUT2D eigenvalue weighted by atomic mass is 9.89. The van der Waals surface area contributed by atoms with E-state index < -0.39 is 0 Å². The molecule has 0 saturated carbocycles. The fourth-order valence-corrected chi connectivity index (χ4v) is 5.45. The number of hydrogen-bond acceptors (Lipinski definition) is 11. The van der Waals surface area contributed by atoms with E-state index in [0.29, 0.717) is 49.5 Å². The number of nitrogens with zero attached hydrogens (tertiary/aromatic N) is 4. The predicted molar refractivity (Wildman–Crippen MR) is 205 cm³/mol. The van der Waals surface area contributed by atoms with Crippen LogP contribution in [0.25, 0.3) is 0 Å². The minimum absolute atomic E-state index is 0.0500. The molecule has 1 amide bonds. The minimum atomic E-state index is -0.251. The summed E-state index contributed by atoms with van der Waals surface area (Å²) in [7, 11) is 3.32. The van der Waals surface area contributed by atoms with Gasteiger partial charge < -0.3 is 29.0 Å². The standard InChI is InChI=1S/C20H35N3O3.C20H34N2O4/c1-9-16(11-25-8)26-20-14(6)18(22-15(7)23-20)10-17(12(2)3)19(24)21-13(4)5;1-9-16(11-24-8)26-19-14(6)18(21-15(7)22-19)10-17(12(2)3)20(23)25-13(4)5/h12-13,16-17H,9-11H2,1-8H3,(H,21,24);12-13,16-17H,9-11H2,1-8H3. The number of rotatable bonds is 20. The molecule has 0 spiro atoms. The lowest BCUT2D eigenvalue weighted by Gasteiger charge is -2.23. The van der Waals surface area contributed by atoms with Gasteiger partial charge in [0.25, 0.3) is 0 Å². The van der Waals surface area contributed by atoms with Crippen molar-refractivity contribution in [3.05, 3.63) is 34.2 Å². The van der Waals surface area contributed by atoms with Crippen molar-refractivity contribution in [1.82, 2.24) is 25.3 Å². The van der Waals surface area contributed by atoms with E-state index in [1.54, 1.807) is 14.2 Å². The molecule has 12 heteroatoms. The molecule has 4 unspecified atom stereocenters. The Labute approximate surface area is 313 Å². The second kappa shape index (κ2) is 23.3. The molecule has 296 valence electrons. The van der Waals surface area contributed by atoms with Gasteiger partial charge >= 0.3 is 5.97 Å². The maximum Gasteiger partial charge on any atom is 0.309 e. The van der Waals surface area contributed by atoms with E-state index in [9.17, 15) is 9.59 Å². The average Bonchev–Trinajstić information content (AvgIpc) is 3.04. The summed E-state index contributed by atoms with van der Waals surface area (Å²) in [4.78, 5) is 43.1. The highest BCUT2D eigenvalue weighted by molar-refractivity contribution is 5.79. The van der Waals surface area contributed by atoms with Crippen molar-refractivity contribution in [1.29, 1.82) is 0 Å². The smallest absolute Gasteiger partial charge is 0.309 e. The molecule has 0 fully saturated rings. The molecule has 1 N–H and O–H groups in total. The van der Waals surface area contributed by atoms with Gasteiger partial charge in [0.05, 0.1) is 36.6 Å². The first-order valence-corrected chi connectivity index (χ1v) is 18.9. The van der Waals surface area contributed by atoms with Crippen LogP contribution in [-0.4, -0.2) is 83.6 Å². The van der Waals surface area contributed by atoms with Crippen molar-refractivity contribution >= 4 is 11.9 Å². The Morgan fingerprint density at radius 3 is 1.37 bits per heavy atom. The summed E-state index contributed by atoms with van der Waals surface area (Å²) in [6.07, 6.45) is 2.49. The summed E-state index contributed by atoms with van der Waals surface area (Å²) >= 11 is 0. The second-order valence-corrected chi connectivity index (χ2v) is 14.8. The molecule has 2 aromatic rings. The number of carbonyl (C=O) groups excluding carboxylic acids is 2. The molecular formula is C40H69N5O7. The van der Waals surface area contributed by atoms with E-state index in [1.807, 2.05) is 76.2 Å². The summed E-state index contributed by atoms with van der Waals surface area (Å²) in [5, 5.41) is 3.02. The van der Waals surface area contributed by atoms with Gasteiger partial charge in [-0.05, 0) is 80.1 Å². The summed E-state index contributed by atoms with van der Waals surface area (Å²) in [5.74, 6) is 2.30. The predicted octanol–water partition coefficient (Wildman–Crippen LogP) is 6.90. The quantitative estimate of drug-likeness (QED) is 0.142. The summed E-state index contributed by atoms with van der Waals surface area (Å²) in [6, 6.07) is 0.121. The summed E-state index contributed by atoms with van der Waals surface area (Å²) < 4.78 is 27.9. The van der Waals surface area contributed by atoms with Crippen LogP contribution in [0.1, 0.15) is 116 Å². The number of amides is 1. The average molecular weight is 732 g/mol. The van der Waals surface area contributed by atoms with Crippen LogP contribution in [0.3, 0.4) is 0 Å². The molecule has 0 aliphatic heterocycles. The zero-order valence-corrected chi connectivity index (χ0v) is 35.0. The first-order chi connectivity index (χ1) is 24.4. The van der Waals surface area contributed by atoms with Crippen LogP contribution in [0.4, 0.5) is 0 Å². The molecule has 0 aliphatic rings. The van der Waals surface area contributed by atoms with Gasteiger partial charge in [-0.3, -0.25) is 9.59 Å². The molecular weight excluding hydrogens is 662 g/mol. The number of nitrogens with one attached hydrogen (secondary N) is 1. The van der Waals surface area contributed by atoms with E-state index in [-0.39, 0.29) is 59.9 Å². The molecule has 0 bridgehead atoms. The SMILES string of the molecule is CCC(COC)Oc1nc(C)nc(CC(C(=O)NC(C)C)C(C)C)c1C.CCC(COC)Oc1nc(C)nc(CC(C(=O)OC(C)C)C(C)C)c1C. The number of carbonyl (C=O) groups is 2. The summed E-state index contributed by atoms with van der Waals surface area (Å²) in [6.45, 7) is 28.6. The van der Waals surface area contributed by atoms with Crippen molar-refractivity contribution in [3.8, 4) is 11.8 Å². The zero-order chi connectivity index (χ0) is 39.7. The Hall–Kier alpha value is -3.38. The molecule has 2 heterocycles. The molecule has 2 aromatic heterocycles. The third-order valence-corrected chi connectivity index (χ3v) is 8.66. The van der Waals surface area contributed by atoms with E-state index in [0.717, 1.165) is 35.4 Å². The van der Waals surface area contributed by atoms with Crippen LogP contribution in [0, 0.1) is 51.4 Å². The summed E-state index contributed by atoms with van der Waals surface area (Å²) in [5.41, 5.74) is 3.47. The van der Waals surface area contributed by atoms with Gasteiger partial charge in [-0.15, -0.1) is 0 Å². The maximum absolute atomic E-state index is 12.6. The van der Waals surface area contributed by atoms with Crippen LogP contribution in [-0.2, 0) is 36.6 Å². The first kappa shape index (κ1) is 46.6. The van der Waals surface area contributed by atoms with E-state index >= 15 is 0 Å². The number of hydrogen-bond donors (Lipinski definition) is 1. The van der Waals surface area contributed by atoms with Crippen LogP contribution in [0.2, 0.25) is 0 Å². The zero-order valence-electron chi connectivity index (χ0n) is 35.0. The third-order valence-electron chi connectivity index (χ3n) is 8.66. The minimum Gasteiger partial charge on any atom is -0.472 e. The Kier molecular flexibility index (Phi) is 20.9. The number of esters is 1. The molecule has 2 rings (SSSR count). The van der Waals surface area contributed by atoms with Gasteiger partial charge in [0.1, 0.15) is 23.9 Å². The van der Waals surface area contributed by atoms with Crippen LogP contribution >= 0.6 is 0 Å². The van der Waals surface area contributed by atoms with Gasteiger partial charge in [0.15, 0.2) is 0 Å². The monoisotopic (exact) mass is 732 g/mol. The number of aromatic nitrogens is 4. The Bertz CT molecular complexity index is 1280. The number of aryl methyl sites for hydroxylation is 2. The maximum atomic E-state index is 12.6. The van der Waals surface area contributed by atoms with Crippen molar-refractivity contribution < 1.29 is 33.3 Å². The van der Waals surface area contributed by atoms with E-state index in [1.165, 1.54) is 0 Å². The molecule has 4 atom stereocenters. The molecule has 52 heavy (non-hydrogen) atoms. The number of methoxy groups -OCH3 is 2. The van der Waals surface area contributed by atoms with Gasteiger partial charge in [-0.2, -0.15) is 9.97 Å². The molecule has 0 saturated heterocycles. The topological polar surface area (TPSA) is 144 Å². The van der Waals surface area contributed by atoms with E-state index in [2.05, 4.69) is 46.0 Å². The van der Waals surface area contributed by atoms with Crippen molar-refractivity contribution in [2.75, 3.05) is 27.4 Å². The lowest BCUT2D eigenvalue weighted by Crippen LogP contribution is -2.39. The van der Waals surface area contributed by atoms with E-state index in [4.69, 9.17) is 23.7 Å². The fourth-order valence-electron chi connectivity index (χ4n) is 5.45. The highest BCUT2D eigenvalue weighted by Crippen LogP contribution is 2.27. The fraction of sp³-hybridized carbons (Fsp3) is 0.750. The highest BCUT2D eigenvalue weighted by Gasteiger charge is 2.28. The van der Waals surface area contributed by atoms with Gasteiger partial charge in [-0.1, -0.05) is 41.5 Å². The third kappa shape index (κ3) is 15.7. The van der Waals surface area contributed by atoms with Gasteiger partial charge in [-0.25, -0.2) is 9.97 Å². The van der Waals surface area contributed by atoms with Crippen molar-refractivity contribution in [3.63, 3.8) is 0 Å². The van der Waals surface area contributed by atoms with Crippen LogP contribution in [0.15, 0.2) is 0 Å². The molecule has 0 aromatic carbocycles. The van der Waals surface area contributed by atoms with Crippen LogP contribution < -0.4 is 14.8 Å². The first-order valence-electron chi connectivity index (χ1n) is 18.9. The Balaban J connectivity index is 0.000000520. The lowest BCUT2D eigenvalue weighted by molar-refractivity contribution is -0.154. The van der Waals surface area contributed by atoms with Crippen molar-refractivity contribution in [2.24, 2.45) is 23.7 Å². The van der Waals surface area contributed by atoms with Gasteiger partial charge in [0, 0.05) is 50.1 Å². The Morgan fingerprint density at radius 1 is 0.635 bits per heavy atom. The largest absolute Gasteiger partial charge is 0.472 e. The normalized spacial score (nSPS) is 13.8. The Morgan fingerprint density at radius 2 is 1.04 bits per heavy atom.